The summed E-state index contributed by atoms with van der Waals surface area (Å²) in [5.74, 6) is 0. The molecule has 0 bridgehead atoms. The van der Waals surface area contributed by atoms with Gasteiger partial charge in [0.15, 0.2) is 14.9 Å². The number of aromatic amines is 1. The lowest BCUT2D eigenvalue weighted by Gasteiger charge is -2.00. The molecule has 0 aromatic carbocycles. The molecule has 2 aromatic rings. The van der Waals surface area contributed by atoms with E-state index in [1.165, 1.54) is 6.07 Å². The molecule has 2 aromatic heterocycles. The molecular weight excluding hydrogens is 262 g/mol. The average Bonchev–Trinajstić information content (AvgIpc) is 2.59. The van der Waals surface area contributed by atoms with Gasteiger partial charge in [0.1, 0.15) is 5.69 Å². The Morgan fingerprint density at radius 1 is 1.35 bits per heavy atom. The van der Waals surface area contributed by atoms with Crippen LogP contribution in [-0.4, -0.2) is 29.9 Å². The lowest BCUT2D eigenvalue weighted by Crippen LogP contribution is -2.01. The number of H-pyrrole nitrogens is 1. The normalized spacial score (nSPS) is 11.7. The summed E-state index contributed by atoms with van der Waals surface area (Å²) in [6.07, 6.45) is 1.11. The highest BCUT2D eigenvalue weighted by Crippen LogP contribution is 2.26. The number of aryl methyl sites for hydroxylation is 1. The molecule has 17 heavy (non-hydrogen) atoms. The third kappa shape index (κ3) is 2.32. The lowest BCUT2D eigenvalue weighted by molar-refractivity contribution is 0.598. The van der Waals surface area contributed by atoms with Crippen LogP contribution in [0.4, 0.5) is 0 Å². The van der Waals surface area contributed by atoms with Gasteiger partial charge in [0.2, 0.25) is 0 Å². The largest absolute Gasteiger partial charge is 0.281 e. The quantitative estimate of drug-likeness (QED) is 0.904. The van der Waals surface area contributed by atoms with E-state index in [0.717, 1.165) is 6.26 Å². The molecule has 0 unspecified atom stereocenters. The van der Waals surface area contributed by atoms with E-state index in [1.54, 1.807) is 19.1 Å². The van der Waals surface area contributed by atoms with Crippen molar-refractivity contribution in [2.75, 3.05) is 6.26 Å². The van der Waals surface area contributed by atoms with E-state index >= 15 is 0 Å². The minimum absolute atomic E-state index is 0.00622. The second-order valence-electron chi connectivity index (χ2n) is 3.64. The standard InChI is InChI=1S/C10H10ClN3O2S/c1-6-9(11)10(14-13-6)7-4-3-5-8(12-7)17(2,15)16/h3-5H,1-2H3,(H,13,14). The zero-order valence-corrected chi connectivity index (χ0v) is 10.8. The molecule has 0 aliphatic rings. The van der Waals surface area contributed by atoms with Crippen LogP contribution >= 0.6 is 11.6 Å². The van der Waals surface area contributed by atoms with Gasteiger partial charge in [0, 0.05) is 6.26 Å². The Bertz CT molecular complexity index is 664. The predicted molar refractivity (Wildman–Crippen MR) is 64.7 cm³/mol. The molecule has 0 spiro atoms. The summed E-state index contributed by atoms with van der Waals surface area (Å²) in [5.41, 5.74) is 1.60. The minimum atomic E-state index is -3.33. The van der Waals surface area contributed by atoms with Crippen LogP contribution in [0.25, 0.3) is 11.4 Å². The minimum Gasteiger partial charge on any atom is -0.281 e. The van der Waals surface area contributed by atoms with E-state index in [0.29, 0.717) is 22.1 Å². The summed E-state index contributed by atoms with van der Waals surface area (Å²) < 4.78 is 22.8. The second-order valence-corrected chi connectivity index (χ2v) is 5.98. The summed E-state index contributed by atoms with van der Waals surface area (Å²) in [4.78, 5) is 4.03. The van der Waals surface area contributed by atoms with Crippen LogP contribution in [-0.2, 0) is 9.84 Å². The molecule has 0 saturated carbocycles. The Morgan fingerprint density at radius 3 is 2.59 bits per heavy atom. The first-order valence-corrected chi connectivity index (χ1v) is 7.04. The summed E-state index contributed by atoms with van der Waals surface area (Å²) >= 11 is 6.03. The number of rotatable bonds is 2. The zero-order valence-electron chi connectivity index (χ0n) is 9.23. The molecule has 0 radical (unpaired) electrons. The summed E-state index contributed by atoms with van der Waals surface area (Å²) in [7, 11) is -3.33. The SMILES string of the molecule is Cc1[nH]nc(-c2cccc(S(C)(=O)=O)n2)c1Cl. The van der Waals surface area contributed by atoms with Crippen molar-refractivity contribution in [3.05, 3.63) is 28.9 Å². The number of sulfone groups is 1. The number of halogens is 1. The molecule has 1 N–H and O–H groups in total. The number of hydrogen-bond acceptors (Lipinski definition) is 4. The van der Waals surface area contributed by atoms with Crippen LogP contribution < -0.4 is 0 Å². The molecule has 0 aliphatic carbocycles. The fourth-order valence-electron chi connectivity index (χ4n) is 1.34. The van der Waals surface area contributed by atoms with Gasteiger partial charge in [0.25, 0.3) is 0 Å². The fourth-order valence-corrected chi connectivity index (χ4v) is 2.11. The topological polar surface area (TPSA) is 75.7 Å². The fraction of sp³-hybridized carbons (Fsp3) is 0.200. The van der Waals surface area contributed by atoms with Crippen LogP contribution in [0, 0.1) is 6.92 Å². The maximum Gasteiger partial charge on any atom is 0.192 e. The van der Waals surface area contributed by atoms with Crippen LogP contribution in [0.1, 0.15) is 5.69 Å². The first kappa shape index (κ1) is 12.1. The van der Waals surface area contributed by atoms with Crippen LogP contribution in [0.5, 0.6) is 0 Å². The van der Waals surface area contributed by atoms with Gasteiger partial charge in [-0.25, -0.2) is 13.4 Å². The highest BCUT2D eigenvalue weighted by atomic mass is 35.5. The predicted octanol–water partition coefficient (Wildman–Crippen LogP) is 1.84. The molecule has 0 saturated heterocycles. The van der Waals surface area contributed by atoms with Gasteiger partial charge in [0.05, 0.1) is 16.4 Å². The highest BCUT2D eigenvalue weighted by molar-refractivity contribution is 7.90. The first-order chi connectivity index (χ1) is 7.89. The number of aromatic nitrogens is 3. The van der Waals surface area contributed by atoms with Crippen molar-refractivity contribution < 1.29 is 8.42 Å². The van der Waals surface area contributed by atoms with Crippen molar-refractivity contribution in [1.82, 2.24) is 15.2 Å². The van der Waals surface area contributed by atoms with Gasteiger partial charge < -0.3 is 0 Å². The van der Waals surface area contributed by atoms with E-state index in [4.69, 9.17) is 11.6 Å². The average molecular weight is 272 g/mol. The maximum absolute atomic E-state index is 11.4. The van der Waals surface area contributed by atoms with Crippen molar-refractivity contribution in [2.24, 2.45) is 0 Å². The van der Waals surface area contributed by atoms with Gasteiger partial charge in [-0.1, -0.05) is 17.7 Å². The Kier molecular flexibility index (Phi) is 2.92. The molecule has 5 nitrogen and oxygen atoms in total. The van der Waals surface area contributed by atoms with Crippen molar-refractivity contribution >= 4 is 21.4 Å². The van der Waals surface area contributed by atoms with Crippen LogP contribution in [0.2, 0.25) is 5.02 Å². The van der Waals surface area contributed by atoms with E-state index < -0.39 is 9.84 Å². The van der Waals surface area contributed by atoms with Gasteiger partial charge in [-0.05, 0) is 19.1 Å². The van der Waals surface area contributed by atoms with Crippen molar-refractivity contribution in [3.8, 4) is 11.4 Å². The van der Waals surface area contributed by atoms with Crippen LogP contribution in [0.3, 0.4) is 0 Å². The molecule has 0 atom stereocenters. The van der Waals surface area contributed by atoms with Gasteiger partial charge in [-0.3, -0.25) is 5.10 Å². The maximum atomic E-state index is 11.4. The second kappa shape index (κ2) is 4.12. The van der Waals surface area contributed by atoms with E-state index in [9.17, 15) is 8.42 Å². The summed E-state index contributed by atoms with van der Waals surface area (Å²) in [5, 5.41) is 7.17. The Labute approximate surface area is 104 Å². The van der Waals surface area contributed by atoms with Gasteiger partial charge in [-0.15, -0.1) is 0 Å². The van der Waals surface area contributed by atoms with Gasteiger partial charge >= 0.3 is 0 Å². The van der Waals surface area contributed by atoms with Crippen molar-refractivity contribution in [3.63, 3.8) is 0 Å². The Balaban J connectivity index is 2.58. The molecule has 7 heteroatoms. The summed E-state index contributed by atoms with van der Waals surface area (Å²) in [6.45, 7) is 1.78. The Morgan fingerprint density at radius 2 is 2.06 bits per heavy atom. The first-order valence-electron chi connectivity index (χ1n) is 4.77. The number of nitrogens with one attached hydrogen (secondary N) is 1. The van der Waals surface area contributed by atoms with E-state index in [-0.39, 0.29) is 5.03 Å². The molecular formula is C10H10ClN3O2S. The van der Waals surface area contributed by atoms with Crippen LogP contribution in [0.15, 0.2) is 23.2 Å². The monoisotopic (exact) mass is 271 g/mol. The van der Waals surface area contributed by atoms with Crippen molar-refractivity contribution in [1.29, 1.82) is 0 Å². The Hall–Kier alpha value is -1.40. The molecule has 2 rings (SSSR count). The zero-order chi connectivity index (χ0) is 12.6. The smallest absolute Gasteiger partial charge is 0.192 e. The van der Waals surface area contributed by atoms with Gasteiger partial charge in [-0.2, -0.15) is 5.10 Å². The van der Waals surface area contributed by atoms with Crippen molar-refractivity contribution in [2.45, 2.75) is 11.9 Å². The van der Waals surface area contributed by atoms with E-state index in [1.807, 2.05) is 0 Å². The van der Waals surface area contributed by atoms with E-state index in [2.05, 4.69) is 15.2 Å². The number of hydrogen-bond donors (Lipinski definition) is 1. The third-order valence-corrected chi connectivity index (χ3v) is 3.67. The molecule has 90 valence electrons. The molecule has 2 heterocycles. The lowest BCUT2D eigenvalue weighted by atomic mass is 10.2. The number of nitrogens with zero attached hydrogens (tertiary/aromatic N) is 2. The number of pyridine rings is 1. The highest BCUT2D eigenvalue weighted by Gasteiger charge is 2.14. The molecule has 0 amide bonds. The molecule has 0 aliphatic heterocycles. The summed E-state index contributed by atoms with van der Waals surface area (Å²) in [6, 6.07) is 4.71. The third-order valence-electron chi connectivity index (χ3n) is 2.22. The molecule has 0 fully saturated rings.